The third kappa shape index (κ3) is 3.06. The van der Waals surface area contributed by atoms with E-state index in [2.05, 4.69) is 143 Å². The molecule has 8 aromatic rings. The Morgan fingerprint density at radius 3 is 1.24 bits per heavy atom. The molecule has 0 saturated carbocycles. The van der Waals surface area contributed by atoms with Crippen LogP contribution in [0.2, 0.25) is 0 Å². The van der Waals surface area contributed by atoms with Gasteiger partial charge in [0, 0.05) is 39.0 Å². The molecule has 3 heterocycles. The van der Waals surface area contributed by atoms with Crippen LogP contribution >= 0.6 is 0 Å². The fourth-order valence-electron chi connectivity index (χ4n) is 5.86. The van der Waals surface area contributed by atoms with E-state index in [0.29, 0.717) is 0 Å². The molecule has 178 valence electrons. The molecule has 0 atom stereocenters. The first-order valence-electron chi connectivity index (χ1n) is 12.9. The summed E-state index contributed by atoms with van der Waals surface area (Å²) >= 11 is 0. The van der Waals surface area contributed by atoms with Crippen LogP contribution in [0.4, 0.5) is 0 Å². The second kappa shape index (κ2) is 8.19. The summed E-state index contributed by atoms with van der Waals surface area (Å²) < 4.78 is 4.60. The Balaban J connectivity index is 1.20. The van der Waals surface area contributed by atoms with Gasteiger partial charge in [0.1, 0.15) is 5.82 Å². The van der Waals surface area contributed by atoms with Gasteiger partial charge in [-0.05, 0) is 54.1 Å². The largest absolute Gasteiger partial charge is 0.309 e. The molecule has 3 heteroatoms. The van der Waals surface area contributed by atoms with Gasteiger partial charge in [0.25, 0.3) is 0 Å². The smallest absolute Gasteiger partial charge is 0.137 e. The van der Waals surface area contributed by atoms with Gasteiger partial charge in [-0.15, -0.1) is 0 Å². The molecule has 38 heavy (non-hydrogen) atoms. The molecule has 0 bridgehead atoms. The van der Waals surface area contributed by atoms with E-state index in [0.717, 1.165) is 22.6 Å². The van der Waals surface area contributed by atoms with Crippen LogP contribution in [0.1, 0.15) is 0 Å². The van der Waals surface area contributed by atoms with Gasteiger partial charge in [-0.2, -0.15) is 0 Å². The molecule has 3 aromatic heterocycles. The average molecular weight is 486 g/mol. The van der Waals surface area contributed by atoms with Gasteiger partial charge in [0.05, 0.1) is 22.1 Å². The number of hydrogen-bond acceptors (Lipinski definition) is 1. The molecule has 0 saturated heterocycles. The summed E-state index contributed by atoms with van der Waals surface area (Å²) in [5.41, 5.74) is 8.19. The quantitative estimate of drug-likeness (QED) is 0.245. The first-order chi connectivity index (χ1) is 18.9. The zero-order chi connectivity index (χ0) is 25.1. The first-order valence-corrected chi connectivity index (χ1v) is 12.9. The highest BCUT2D eigenvalue weighted by Gasteiger charge is 2.13. The topological polar surface area (TPSA) is 22.8 Å². The fraction of sp³-hybridized carbons (Fsp3) is 0. The van der Waals surface area contributed by atoms with Gasteiger partial charge in [-0.3, -0.25) is 4.57 Å². The number of rotatable bonds is 3. The Kier molecular flexibility index (Phi) is 4.52. The molecule has 0 radical (unpaired) electrons. The standard InChI is InChI=1S/C35H23N3/c1-5-13-31-27(9-1)28-10-2-6-14-32(28)37(31)26-20-17-24(18-21-26)25-19-22-35(36-23-25)38-33-15-7-3-11-29(33)30-12-4-8-16-34(30)38/h1-23H. The Bertz CT molecular complexity index is 1850. The predicted octanol–water partition coefficient (Wildman–Crippen LogP) is 8.94. The number of fused-ring (bicyclic) bond motifs is 6. The van der Waals surface area contributed by atoms with Crippen molar-refractivity contribution in [3.63, 3.8) is 0 Å². The van der Waals surface area contributed by atoms with Crippen molar-refractivity contribution < 1.29 is 0 Å². The average Bonchev–Trinajstić information content (AvgIpc) is 3.51. The lowest BCUT2D eigenvalue weighted by molar-refractivity contribution is 1.08. The van der Waals surface area contributed by atoms with Gasteiger partial charge in [0.15, 0.2) is 0 Å². The second-order valence-corrected chi connectivity index (χ2v) is 9.69. The van der Waals surface area contributed by atoms with Crippen LogP contribution in [0.3, 0.4) is 0 Å². The molecule has 8 rings (SSSR count). The number of benzene rings is 5. The van der Waals surface area contributed by atoms with Crippen molar-refractivity contribution in [2.75, 3.05) is 0 Å². The lowest BCUT2D eigenvalue weighted by Gasteiger charge is -2.10. The van der Waals surface area contributed by atoms with Crippen LogP contribution in [-0.2, 0) is 0 Å². The van der Waals surface area contributed by atoms with E-state index in [1.54, 1.807) is 0 Å². The Morgan fingerprint density at radius 1 is 0.368 bits per heavy atom. The summed E-state index contributed by atoms with van der Waals surface area (Å²) in [7, 11) is 0. The van der Waals surface area contributed by atoms with Gasteiger partial charge in [0.2, 0.25) is 0 Å². The zero-order valence-electron chi connectivity index (χ0n) is 20.6. The fourth-order valence-corrected chi connectivity index (χ4v) is 5.86. The van der Waals surface area contributed by atoms with Crippen molar-refractivity contribution in [1.82, 2.24) is 14.1 Å². The minimum Gasteiger partial charge on any atom is -0.309 e. The lowest BCUT2D eigenvalue weighted by Crippen LogP contribution is -1.97. The van der Waals surface area contributed by atoms with Crippen LogP contribution in [0.25, 0.3) is 66.2 Å². The summed E-state index contributed by atoms with van der Waals surface area (Å²) in [4.78, 5) is 4.91. The van der Waals surface area contributed by atoms with Crippen LogP contribution in [0, 0.1) is 0 Å². The predicted molar refractivity (Wildman–Crippen MR) is 158 cm³/mol. The molecule has 5 aromatic carbocycles. The third-order valence-corrected chi connectivity index (χ3v) is 7.60. The van der Waals surface area contributed by atoms with Crippen LogP contribution < -0.4 is 0 Å². The van der Waals surface area contributed by atoms with E-state index >= 15 is 0 Å². The van der Waals surface area contributed by atoms with E-state index in [1.807, 2.05) is 6.20 Å². The Morgan fingerprint density at radius 2 is 0.789 bits per heavy atom. The van der Waals surface area contributed by atoms with E-state index in [1.165, 1.54) is 43.6 Å². The molecular weight excluding hydrogens is 462 g/mol. The van der Waals surface area contributed by atoms with Crippen molar-refractivity contribution in [2.24, 2.45) is 0 Å². The number of aromatic nitrogens is 3. The van der Waals surface area contributed by atoms with E-state index in [-0.39, 0.29) is 0 Å². The van der Waals surface area contributed by atoms with Crippen molar-refractivity contribution >= 4 is 43.6 Å². The highest BCUT2D eigenvalue weighted by Crippen LogP contribution is 2.34. The van der Waals surface area contributed by atoms with Crippen molar-refractivity contribution in [2.45, 2.75) is 0 Å². The van der Waals surface area contributed by atoms with E-state index < -0.39 is 0 Å². The molecule has 0 aliphatic rings. The number of nitrogens with zero attached hydrogens (tertiary/aromatic N) is 3. The van der Waals surface area contributed by atoms with Crippen LogP contribution in [0.15, 0.2) is 140 Å². The molecule has 0 spiro atoms. The SMILES string of the molecule is c1ccc2c(c1)c1ccccc1n2-c1ccc(-c2ccc(-n3c4ccccc4c4ccccc43)nc2)cc1. The Labute approximate surface area is 219 Å². The summed E-state index contributed by atoms with van der Waals surface area (Å²) in [6.45, 7) is 0. The number of para-hydroxylation sites is 4. The maximum absolute atomic E-state index is 4.91. The number of pyridine rings is 1. The molecule has 0 aliphatic heterocycles. The van der Waals surface area contributed by atoms with E-state index in [9.17, 15) is 0 Å². The molecule has 0 N–H and O–H groups in total. The normalized spacial score (nSPS) is 11.7. The van der Waals surface area contributed by atoms with Gasteiger partial charge >= 0.3 is 0 Å². The second-order valence-electron chi connectivity index (χ2n) is 9.69. The summed E-state index contributed by atoms with van der Waals surface area (Å²) in [5.74, 6) is 0.924. The third-order valence-electron chi connectivity index (χ3n) is 7.60. The van der Waals surface area contributed by atoms with Gasteiger partial charge < -0.3 is 4.57 Å². The molecule has 3 nitrogen and oxygen atoms in total. The van der Waals surface area contributed by atoms with Crippen molar-refractivity contribution in [3.8, 4) is 22.6 Å². The minimum absolute atomic E-state index is 0.924. The molecule has 0 amide bonds. The number of hydrogen-bond donors (Lipinski definition) is 0. The monoisotopic (exact) mass is 485 g/mol. The summed E-state index contributed by atoms with van der Waals surface area (Å²) in [6.07, 6.45) is 1.98. The van der Waals surface area contributed by atoms with Crippen molar-refractivity contribution in [1.29, 1.82) is 0 Å². The maximum atomic E-state index is 4.91. The lowest BCUT2D eigenvalue weighted by atomic mass is 10.1. The first kappa shape index (κ1) is 21.0. The summed E-state index contributed by atoms with van der Waals surface area (Å²) in [6, 6.07) is 47.4. The van der Waals surface area contributed by atoms with Gasteiger partial charge in [-0.1, -0.05) is 84.9 Å². The highest BCUT2D eigenvalue weighted by molar-refractivity contribution is 6.10. The minimum atomic E-state index is 0.924. The summed E-state index contributed by atoms with van der Waals surface area (Å²) in [5, 5.41) is 5.04. The molecule has 0 aliphatic carbocycles. The molecule has 0 fully saturated rings. The molecule has 0 unspecified atom stereocenters. The van der Waals surface area contributed by atoms with Crippen LogP contribution in [0.5, 0.6) is 0 Å². The van der Waals surface area contributed by atoms with Crippen LogP contribution in [-0.4, -0.2) is 14.1 Å². The van der Waals surface area contributed by atoms with E-state index in [4.69, 9.17) is 4.98 Å². The maximum Gasteiger partial charge on any atom is 0.137 e. The zero-order valence-corrected chi connectivity index (χ0v) is 20.6. The highest BCUT2D eigenvalue weighted by atomic mass is 15.1. The molecular formula is C35H23N3. The Hall–Kier alpha value is -5.15. The van der Waals surface area contributed by atoms with Crippen molar-refractivity contribution in [3.05, 3.63) is 140 Å². The van der Waals surface area contributed by atoms with Gasteiger partial charge in [-0.25, -0.2) is 4.98 Å².